The molecule has 0 saturated heterocycles. The number of ether oxygens (including phenoxy) is 1. The maximum Gasteiger partial charge on any atom is 0.494 e. The molecule has 6 nitrogen and oxygen atoms in total. The molecule has 0 radical (unpaired) electrons. The Balaban J connectivity index is 2.40. The van der Waals surface area contributed by atoms with Crippen LogP contribution in [0.3, 0.4) is 0 Å². The summed E-state index contributed by atoms with van der Waals surface area (Å²) in [5, 5.41) is 31.7. The van der Waals surface area contributed by atoms with Crippen molar-refractivity contribution in [3.63, 3.8) is 0 Å². The van der Waals surface area contributed by atoms with Crippen molar-refractivity contribution in [3.8, 4) is 5.75 Å². The van der Waals surface area contributed by atoms with Crippen molar-refractivity contribution < 1.29 is 29.4 Å². The van der Waals surface area contributed by atoms with Gasteiger partial charge in [0.25, 0.3) is 0 Å². The SMILES string of the molecule is COB(OC)c1c2c(c(O)c3ccccc13)C(O)OC(O)C2. The summed E-state index contributed by atoms with van der Waals surface area (Å²) in [5.74, 6) is -0.0558. The first-order chi connectivity index (χ1) is 10.6. The normalized spacial score (nSPS) is 20.9. The fourth-order valence-corrected chi connectivity index (χ4v) is 3.05. The average Bonchev–Trinajstić information content (AvgIpc) is 2.50. The van der Waals surface area contributed by atoms with Crippen LogP contribution < -0.4 is 5.46 Å². The Morgan fingerprint density at radius 2 is 1.77 bits per heavy atom. The highest BCUT2D eigenvalue weighted by molar-refractivity contribution is 6.65. The van der Waals surface area contributed by atoms with Gasteiger partial charge in [0.1, 0.15) is 5.75 Å². The van der Waals surface area contributed by atoms with Gasteiger partial charge in [0, 0.05) is 26.0 Å². The van der Waals surface area contributed by atoms with Crippen molar-refractivity contribution >= 4 is 23.4 Å². The summed E-state index contributed by atoms with van der Waals surface area (Å²) in [5.41, 5.74) is 1.50. The Labute approximate surface area is 128 Å². The summed E-state index contributed by atoms with van der Waals surface area (Å²) < 4.78 is 15.7. The number of aromatic hydroxyl groups is 1. The molecule has 0 fully saturated rings. The summed E-state index contributed by atoms with van der Waals surface area (Å²) in [7, 11) is 2.33. The lowest BCUT2D eigenvalue weighted by atomic mass is 9.70. The number of hydrogen-bond donors (Lipinski definition) is 3. The van der Waals surface area contributed by atoms with Crippen molar-refractivity contribution in [1.82, 2.24) is 0 Å². The topological polar surface area (TPSA) is 88.4 Å². The first kappa shape index (κ1) is 15.3. The molecule has 3 N–H and O–H groups in total. The Morgan fingerprint density at radius 3 is 2.41 bits per heavy atom. The van der Waals surface area contributed by atoms with Crippen LogP contribution in [0.25, 0.3) is 10.8 Å². The predicted octanol–water partition coefficient (Wildman–Crippen LogP) is 0.415. The Hall–Kier alpha value is -1.64. The summed E-state index contributed by atoms with van der Waals surface area (Å²) in [6, 6.07) is 7.21. The quantitative estimate of drug-likeness (QED) is 0.712. The van der Waals surface area contributed by atoms with Crippen LogP contribution >= 0.6 is 0 Å². The van der Waals surface area contributed by atoms with Gasteiger partial charge in [-0.3, -0.25) is 0 Å². The predicted molar refractivity (Wildman–Crippen MR) is 80.8 cm³/mol. The van der Waals surface area contributed by atoms with E-state index in [4.69, 9.17) is 14.0 Å². The smallest absolute Gasteiger partial charge is 0.494 e. The van der Waals surface area contributed by atoms with E-state index in [2.05, 4.69) is 0 Å². The molecule has 2 atom stereocenters. The molecule has 2 aromatic carbocycles. The first-order valence-corrected chi connectivity index (χ1v) is 6.92. The summed E-state index contributed by atoms with van der Waals surface area (Å²) >= 11 is 0. The molecule has 3 rings (SSSR count). The number of aliphatic hydroxyl groups excluding tert-OH is 2. The van der Waals surface area contributed by atoms with Gasteiger partial charge in [-0.25, -0.2) is 0 Å². The average molecular weight is 304 g/mol. The fraction of sp³-hybridized carbons (Fsp3) is 0.333. The van der Waals surface area contributed by atoms with Gasteiger partial charge in [0.2, 0.25) is 0 Å². The van der Waals surface area contributed by atoms with Crippen molar-refractivity contribution in [2.24, 2.45) is 0 Å². The third-order valence-corrected chi connectivity index (χ3v) is 3.95. The molecule has 0 aromatic heterocycles. The molecule has 1 heterocycles. The van der Waals surface area contributed by atoms with Crippen molar-refractivity contribution in [1.29, 1.82) is 0 Å². The number of hydrogen-bond acceptors (Lipinski definition) is 6. The van der Waals surface area contributed by atoms with Crippen molar-refractivity contribution in [2.45, 2.75) is 19.0 Å². The zero-order valence-electron chi connectivity index (χ0n) is 12.3. The number of fused-ring (bicyclic) bond motifs is 2. The van der Waals surface area contributed by atoms with Gasteiger partial charge in [-0.1, -0.05) is 24.3 Å². The minimum atomic E-state index is -1.41. The van der Waals surface area contributed by atoms with E-state index in [0.717, 1.165) is 5.39 Å². The van der Waals surface area contributed by atoms with Crippen molar-refractivity contribution in [2.75, 3.05) is 14.2 Å². The molecule has 0 spiro atoms. The molecule has 7 heteroatoms. The lowest BCUT2D eigenvalue weighted by Gasteiger charge is -2.30. The molecule has 0 saturated carbocycles. The molecule has 2 unspecified atom stereocenters. The monoisotopic (exact) mass is 304 g/mol. The molecule has 1 aliphatic rings. The lowest BCUT2D eigenvalue weighted by Crippen LogP contribution is -2.42. The molecular weight excluding hydrogens is 287 g/mol. The van der Waals surface area contributed by atoms with Gasteiger partial charge >= 0.3 is 7.12 Å². The second kappa shape index (κ2) is 5.87. The molecular formula is C15H17BO6. The Bertz CT molecular complexity index is 700. The Morgan fingerprint density at radius 1 is 1.14 bits per heavy atom. The minimum absolute atomic E-state index is 0.0558. The van der Waals surface area contributed by atoms with E-state index in [1.54, 1.807) is 12.1 Å². The third-order valence-electron chi connectivity index (χ3n) is 3.95. The molecule has 0 amide bonds. The number of rotatable bonds is 3. The molecule has 116 valence electrons. The summed E-state index contributed by atoms with van der Waals surface area (Å²) in [6.45, 7) is 0. The van der Waals surface area contributed by atoms with E-state index < -0.39 is 19.7 Å². The van der Waals surface area contributed by atoms with Crippen LogP contribution in [0.2, 0.25) is 0 Å². The van der Waals surface area contributed by atoms with Crippen LogP contribution in [0.4, 0.5) is 0 Å². The van der Waals surface area contributed by atoms with Gasteiger partial charge in [0.05, 0.1) is 5.56 Å². The molecule has 22 heavy (non-hydrogen) atoms. The van der Waals surface area contributed by atoms with E-state index in [1.165, 1.54) is 14.2 Å². The lowest BCUT2D eigenvalue weighted by molar-refractivity contribution is -0.219. The number of benzene rings is 2. The second-order valence-electron chi connectivity index (χ2n) is 5.15. The van der Waals surface area contributed by atoms with E-state index in [9.17, 15) is 15.3 Å². The Kier molecular flexibility index (Phi) is 4.07. The van der Waals surface area contributed by atoms with Crippen LogP contribution in [-0.2, 0) is 20.5 Å². The highest BCUT2D eigenvalue weighted by Gasteiger charge is 2.36. The van der Waals surface area contributed by atoms with E-state index in [0.29, 0.717) is 16.4 Å². The summed E-state index contributed by atoms with van der Waals surface area (Å²) in [6.07, 6.45) is -2.43. The molecule has 1 aliphatic heterocycles. The zero-order valence-corrected chi connectivity index (χ0v) is 12.3. The molecule has 0 bridgehead atoms. The maximum absolute atomic E-state index is 10.5. The van der Waals surface area contributed by atoms with Gasteiger partial charge < -0.3 is 29.4 Å². The van der Waals surface area contributed by atoms with E-state index >= 15 is 0 Å². The van der Waals surface area contributed by atoms with E-state index in [1.807, 2.05) is 12.1 Å². The highest BCUT2D eigenvalue weighted by atomic mass is 16.7. The first-order valence-electron chi connectivity index (χ1n) is 6.92. The van der Waals surface area contributed by atoms with Crippen LogP contribution in [0.15, 0.2) is 24.3 Å². The van der Waals surface area contributed by atoms with Crippen LogP contribution in [0.1, 0.15) is 17.4 Å². The largest absolute Gasteiger partial charge is 0.507 e. The van der Waals surface area contributed by atoms with E-state index in [-0.39, 0.29) is 17.7 Å². The minimum Gasteiger partial charge on any atom is -0.507 e. The van der Waals surface area contributed by atoms with Gasteiger partial charge in [-0.15, -0.1) is 0 Å². The highest BCUT2D eigenvalue weighted by Crippen LogP contribution is 2.39. The molecule has 2 aromatic rings. The number of phenolic OH excluding ortho intramolecular Hbond substituents is 1. The number of aliphatic hydroxyl groups is 2. The number of phenols is 1. The zero-order chi connectivity index (χ0) is 15.9. The van der Waals surface area contributed by atoms with Gasteiger partial charge in [-0.2, -0.15) is 0 Å². The standard InChI is InChI=1S/C15H17BO6/c1-20-16(21-2)13-8-5-3-4-6-9(8)14(18)12-10(13)7-11(17)22-15(12)19/h3-6,11,15,17-19H,7H2,1-2H3. The maximum atomic E-state index is 10.5. The van der Waals surface area contributed by atoms with Crippen LogP contribution in [-0.4, -0.2) is 42.9 Å². The van der Waals surface area contributed by atoms with Crippen LogP contribution in [0, 0.1) is 0 Å². The second-order valence-corrected chi connectivity index (χ2v) is 5.15. The fourth-order valence-electron chi connectivity index (χ4n) is 3.05. The van der Waals surface area contributed by atoms with Gasteiger partial charge in [-0.05, 0) is 16.4 Å². The molecule has 0 aliphatic carbocycles. The van der Waals surface area contributed by atoms with Crippen LogP contribution in [0.5, 0.6) is 5.75 Å². The summed E-state index contributed by atoms with van der Waals surface area (Å²) in [4.78, 5) is 0. The third kappa shape index (κ3) is 2.27. The van der Waals surface area contributed by atoms with Crippen molar-refractivity contribution in [3.05, 3.63) is 35.4 Å². The van der Waals surface area contributed by atoms with Gasteiger partial charge in [0.15, 0.2) is 12.6 Å².